The average Bonchev–Trinajstić information content (AvgIpc) is 2.90. The minimum atomic E-state index is -0.471. The maximum absolute atomic E-state index is 11.2. The number of halogens is 2. The Morgan fingerprint density at radius 1 is 1.45 bits per heavy atom. The topological polar surface area (TPSA) is 85.8 Å². The lowest BCUT2D eigenvalue weighted by Crippen LogP contribution is -2.30. The molecule has 2 rings (SSSR count). The molecule has 0 unspecified atom stereocenters. The zero-order valence-electron chi connectivity index (χ0n) is 10.2. The van der Waals surface area contributed by atoms with Crippen LogP contribution in [0.4, 0.5) is 0 Å². The summed E-state index contributed by atoms with van der Waals surface area (Å²) in [6.07, 6.45) is 1.53. The summed E-state index contributed by atoms with van der Waals surface area (Å²) in [5.74, 6) is 5.26. The van der Waals surface area contributed by atoms with E-state index >= 15 is 0 Å². The third kappa shape index (κ3) is 3.86. The number of nitrogen functional groups attached to an aromatic ring is 1. The summed E-state index contributed by atoms with van der Waals surface area (Å²) in [5.41, 5.74) is 2.18. The number of thioether (sulfide) groups is 1. The van der Waals surface area contributed by atoms with Gasteiger partial charge in [0, 0.05) is 15.7 Å². The molecule has 0 aliphatic rings. The van der Waals surface area contributed by atoms with Crippen LogP contribution >= 0.6 is 35.0 Å². The van der Waals surface area contributed by atoms with Crippen molar-refractivity contribution in [3.63, 3.8) is 0 Å². The molecule has 1 aromatic carbocycles. The predicted octanol–water partition coefficient (Wildman–Crippen LogP) is 1.98. The van der Waals surface area contributed by atoms with Crippen molar-refractivity contribution >= 4 is 40.9 Å². The normalized spacial score (nSPS) is 10.6. The number of nitrogens with zero attached hydrogens (tertiary/aromatic N) is 3. The van der Waals surface area contributed by atoms with Crippen LogP contribution in [0.3, 0.4) is 0 Å². The molecule has 9 heteroatoms. The fourth-order valence-corrected chi connectivity index (χ4v) is 2.86. The summed E-state index contributed by atoms with van der Waals surface area (Å²) in [6, 6.07) is 5.30. The first-order chi connectivity index (χ1) is 9.60. The van der Waals surface area contributed by atoms with E-state index in [0.29, 0.717) is 22.3 Å². The Labute approximate surface area is 129 Å². The summed E-state index contributed by atoms with van der Waals surface area (Å²) < 4.78 is 1.57. The van der Waals surface area contributed by atoms with Gasteiger partial charge in [-0.15, -0.1) is 16.9 Å². The van der Waals surface area contributed by atoms with Gasteiger partial charge >= 0.3 is 0 Å². The zero-order chi connectivity index (χ0) is 14.5. The van der Waals surface area contributed by atoms with Crippen molar-refractivity contribution in [2.45, 2.75) is 11.4 Å². The number of carbonyl (C=O) groups excluding carboxylic acids is 1. The van der Waals surface area contributed by atoms with E-state index in [1.54, 1.807) is 28.6 Å². The van der Waals surface area contributed by atoms with Crippen LogP contribution in [-0.2, 0) is 6.54 Å². The first kappa shape index (κ1) is 15.1. The van der Waals surface area contributed by atoms with Crippen molar-refractivity contribution in [2.75, 3.05) is 5.75 Å². The number of rotatable bonds is 5. The molecular formula is C11H11Cl2N5OS. The number of hydrazine groups is 1. The van der Waals surface area contributed by atoms with Crippen molar-refractivity contribution in [1.82, 2.24) is 20.4 Å². The zero-order valence-corrected chi connectivity index (χ0v) is 12.5. The largest absolute Gasteiger partial charge is 0.289 e. The second-order valence-electron chi connectivity index (χ2n) is 3.76. The number of aromatic nitrogens is 3. The molecule has 1 heterocycles. The van der Waals surface area contributed by atoms with E-state index in [4.69, 9.17) is 29.0 Å². The lowest BCUT2D eigenvalue weighted by Gasteiger charge is -2.04. The third-order valence-corrected chi connectivity index (χ3v) is 4.09. The van der Waals surface area contributed by atoms with Gasteiger partial charge in [0.25, 0.3) is 5.91 Å². The fourth-order valence-electron chi connectivity index (χ4n) is 1.42. The van der Waals surface area contributed by atoms with Crippen LogP contribution in [-0.4, -0.2) is 26.7 Å². The van der Waals surface area contributed by atoms with E-state index in [2.05, 4.69) is 10.3 Å². The van der Waals surface area contributed by atoms with Crippen molar-refractivity contribution in [2.24, 2.45) is 5.84 Å². The minimum Gasteiger partial charge on any atom is -0.289 e. The molecule has 3 N–H and O–H groups in total. The van der Waals surface area contributed by atoms with Gasteiger partial charge in [0.2, 0.25) is 0 Å². The molecule has 0 spiro atoms. The van der Waals surface area contributed by atoms with E-state index in [1.807, 2.05) is 11.5 Å². The number of amides is 1. The van der Waals surface area contributed by atoms with E-state index in [9.17, 15) is 4.79 Å². The minimum absolute atomic E-state index is 0.179. The highest BCUT2D eigenvalue weighted by atomic mass is 35.5. The summed E-state index contributed by atoms with van der Waals surface area (Å²) in [6.45, 7) is 0.582. The van der Waals surface area contributed by atoms with Gasteiger partial charge in [-0.05, 0) is 18.2 Å². The van der Waals surface area contributed by atoms with Crippen LogP contribution in [0.15, 0.2) is 29.3 Å². The highest BCUT2D eigenvalue weighted by Crippen LogP contribution is 2.29. The Morgan fingerprint density at radius 3 is 3.00 bits per heavy atom. The van der Waals surface area contributed by atoms with Gasteiger partial charge in [-0.25, -0.2) is 5.84 Å². The third-order valence-electron chi connectivity index (χ3n) is 2.37. The molecule has 0 radical (unpaired) electrons. The van der Waals surface area contributed by atoms with Crippen molar-refractivity contribution in [1.29, 1.82) is 0 Å². The van der Waals surface area contributed by atoms with E-state index in [-0.39, 0.29) is 5.69 Å². The average molecular weight is 332 g/mol. The van der Waals surface area contributed by atoms with Gasteiger partial charge in [-0.1, -0.05) is 28.4 Å². The first-order valence-electron chi connectivity index (χ1n) is 5.59. The van der Waals surface area contributed by atoms with Crippen LogP contribution in [0, 0.1) is 0 Å². The van der Waals surface area contributed by atoms with Crippen LogP contribution in [0.5, 0.6) is 0 Å². The van der Waals surface area contributed by atoms with Crippen LogP contribution in [0.2, 0.25) is 10.0 Å². The number of aryl methyl sites for hydroxylation is 1. The number of carbonyl (C=O) groups is 1. The molecule has 0 saturated heterocycles. The Morgan fingerprint density at radius 2 is 2.25 bits per heavy atom. The monoisotopic (exact) mass is 331 g/mol. The van der Waals surface area contributed by atoms with Crippen molar-refractivity contribution in [3.05, 3.63) is 40.1 Å². The molecule has 1 amide bonds. The number of nitrogens with two attached hydrogens (primary N) is 1. The fraction of sp³-hybridized carbons (Fsp3) is 0.182. The smallest absolute Gasteiger partial charge is 0.287 e. The lowest BCUT2D eigenvalue weighted by molar-refractivity contribution is 0.0948. The van der Waals surface area contributed by atoms with E-state index in [0.717, 1.165) is 4.90 Å². The number of benzene rings is 1. The Hall–Kier alpha value is -1.28. The van der Waals surface area contributed by atoms with E-state index < -0.39 is 5.91 Å². The standard InChI is InChI=1S/C11H11Cl2N5OS/c12-7-1-2-8(13)10(5-7)20-4-3-18-6-9(16-17-18)11(19)15-14/h1-2,5-6H,3-4,14H2,(H,15,19). The summed E-state index contributed by atoms with van der Waals surface area (Å²) in [5, 5.41) is 8.84. The molecule has 6 nitrogen and oxygen atoms in total. The molecule has 0 aliphatic heterocycles. The molecule has 0 aliphatic carbocycles. The highest BCUT2D eigenvalue weighted by molar-refractivity contribution is 7.99. The quantitative estimate of drug-likeness (QED) is 0.378. The van der Waals surface area contributed by atoms with Crippen molar-refractivity contribution < 1.29 is 4.79 Å². The Balaban J connectivity index is 1.91. The van der Waals surface area contributed by atoms with Crippen LogP contribution in [0.25, 0.3) is 0 Å². The predicted molar refractivity (Wildman–Crippen MR) is 78.9 cm³/mol. The molecule has 0 bridgehead atoms. The van der Waals surface area contributed by atoms with Gasteiger partial charge in [-0.2, -0.15) is 0 Å². The maximum atomic E-state index is 11.2. The molecule has 106 valence electrons. The van der Waals surface area contributed by atoms with Gasteiger partial charge in [0.05, 0.1) is 17.8 Å². The van der Waals surface area contributed by atoms with Crippen molar-refractivity contribution in [3.8, 4) is 0 Å². The Bertz CT molecular complexity index is 619. The number of hydrogen-bond acceptors (Lipinski definition) is 5. The summed E-state index contributed by atoms with van der Waals surface area (Å²) in [7, 11) is 0. The molecule has 0 fully saturated rings. The molecule has 0 saturated carbocycles. The van der Waals surface area contributed by atoms with Crippen LogP contribution in [0.1, 0.15) is 10.5 Å². The van der Waals surface area contributed by atoms with Gasteiger partial charge in [0.1, 0.15) is 0 Å². The summed E-state index contributed by atoms with van der Waals surface area (Å²) >= 11 is 13.5. The second-order valence-corrected chi connectivity index (χ2v) is 5.74. The molecule has 1 aromatic heterocycles. The second kappa shape index (κ2) is 6.94. The van der Waals surface area contributed by atoms with Gasteiger partial charge < -0.3 is 0 Å². The highest BCUT2D eigenvalue weighted by Gasteiger charge is 2.09. The van der Waals surface area contributed by atoms with Gasteiger partial charge in [0.15, 0.2) is 5.69 Å². The molecular weight excluding hydrogens is 321 g/mol. The lowest BCUT2D eigenvalue weighted by atomic mass is 10.4. The maximum Gasteiger partial charge on any atom is 0.287 e. The van der Waals surface area contributed by atoms with Gasteiger partial charge in [-0.3, -0.25) is 14.9 Å². The SMILES string of the molecule is NNC(=O)c1cn(CCSc2cc(Cl)ccc2Cl)nn1. The summed E-state index contributed by atoms with van der Waals surface area (Å²) in [4.78, 5) is 12.1. The number of hydrogen-bond donors (Lipinski definition) is 2. The first-order valence-corrected chi connectivity index (χ1v) is 7.33. The number of nitrogens with one attached hydrogen (secondary N) is 1. The van der Waals surface area contributed by atoms with Crippen LogP contribution < -0.4 is 11.3 Å². The van der Waals surface area contributed by atoms with E-state index in [1.165, 1.54) is 6.20 Å². The molecule has 2 aromatic rings. The molecule has 20 heavy (non-hydrogen) atoms. The molecule has 0 atom stereocenters. The Kier molecular flexibility index (Phi) is 5.24.